The molecule has 3 aromatic rings. The van der Waals surface area contributed by atoms with E-state index in [0.29, 0.717) is 47.7 Å². The maximum Gasteiger partial charge on any atom is 0.329 e. The van der Waals surface area contributed by atoms with E-state index in [1.54, 1.807) is 35.2 Å². The van der Waals surface area contributed by atoms with Gasteiger partial charge in [0.25, 0.3) is 11.5 Å². The zero-order valence-electron chi connectivity index (χ0n) is 20.0. The molecule has 8 nitrogen and oxygen atoms in total. The van der Waals surface area contributed by atoms with Gasteiger partial charge in [-0.05, 0) is 48.7 Å². The van der Waals surface area contributed by atoms with Crippen LogP contribution >= 0.6 is 11.6 Å². The predicted molar refractivity (Wildman–Crippen MR) is 138 cm³/mol. The van der Waals surface area contributed by atoms with Crippen molar-refractivity contribution in [2.75, 3.05) is 26.2 Å². The molecule has 1 saturated heterocycles. The molecule has 0 radical (unpaired) electrons. The molecule has 1 aromatic heterocycles. The van der Waals surface area contributed by atoms with Crippen molar-refractivity contribution in [3.8, 4) is 0 Å². The Kier molecular flexibility index (Phi) is 6.96. The summed E-state index contributed by atoms with van der Waals surface area (Å²) in [6, 6.07) is 12.0. The maximum atomic E-state index is 13.2. The van der Waals surface area contributed by atoms with Crippen LogP contribution in [0.15, 0.2) is 52.1 Å². The molecule has 2 heterocycles. The molecule has 1 N–H and O–H groups in total. The number of carbonyl (C=O) groups excluding carboxylic acids is 2. The molecule has 1 saturated carbocycles. The summed E-state index contributed by atoms with van der Waals surface area (Å²) < 4.78 is 1.46. The highest BCUT2D eigenvalue weighted by Gasteiger charge is 2.30. The fraction of sp³-hybridized carbons (Fsp3) is 0.407. The number of nitrogens with zero attached hydrogens (tertiary/aromatic N) is 3. The molecule has 2 fully saturated rings. The van der Waals surface area contributed by atoms with E-state index in [9.17, 15) is 19.2 Å². The molecule has 1 aliphatic carbocycles. The molecule has 2 aliphatic rings. The normalized spacial score (nSPS) is 16.9. The molecule has 9 heteroatoms. The van der Waals surface area contributed by atoms with Crippen LogP contribution in [0.2, 0.25) is 5.02 Å². The molecule has 0 spiro atoms. The maximum absolute atomic E-state index is 13.2. The van der Waals surface area contributed by atoms with E-state index in [-0.39, 0.29) is 24.3 Å². The minimum Gasteiger partial charge on any atom is -0.339 e. The molecule has 2 amide bonds. The van der Waals surface area contributed by atoms with E-state index in [1.165, 1.54) is 17.1 Å². The Bertz CT molecular complexity index is 1420. The zero-order valence-corrected chi connectivity index (χ0v) is 20.8. The summed E-state index contributed by atoms with van der Waals surface area (Å²) >= 11 is 6.03. The third-order valence-corrected chi connectivity index (χ3v) is 7.54. The van der Waals surface area contributed by atoms with Gasteiger partial charge in [0.05, 0.1) is 17.4 Å². The number of rotatable bonds is 4. The van der Waals surface area contributed by atoms with Crippen LogP contribution in [-0.2, 0) is 11.3 Å². The topological polar surface area (TPSA) is 95.5 Å². The second-order valence-corrected chi connectivity index (χ2v) is 10.1. The van der Waals surface area contributed by atoms with Crippen molar-refractivity contribution in [3.05, 3.63) is 79.5 Å². The molecule has 5 rings (SSSR count). The summed E-state index contributed by atoms with van der Waals surface area (Å²) in [4.78, 5) is 56.9. The lowest BCUT2D eigenvalue weighted by atomic mass is 9.88. The van der Waals surface area contributed by atoms with Gasteiger partial charge < -0.3 is 9.80 Å². The highest BCUT2D eigenvalue weighted by Crippen LogP contribution is 2.26. The third-order valence-electron chi connectivity index (χ3n) is 7.31. The quantitative estimate of drug-likeness (QED) is 0.585. The van der Waals surface area contributed by atoms with Gasteiger partial charge in [-0.15, -0.1) is 0 Å². The standard InChI is InChI=1S/C27H29ClN4O4/c28-21-9-10-23-22(16-21)24(33)29-27(36)32(23)17-18-5-4-8-20(15-18)26(35)31-13-11-30(12-14-31)25(34)19-6-2-1-3-7-19/h4-5,8-10,15-16,19H,1-3,6-7,11-14,17H2,(H,29,33,36). The first kappa shape index (κ1) is 24.3. The minimum absolute atomic E-state index is 0.0907. The molecule has 36 heavy (non-hydrogen) atoms. The van der Waals surface area contributed by atoms with Gasteiger partial charge in [-0.1, -0.05) is 43.0 Å². The van der Waals surface area contributed by atoms with Gasteiger partial charge in [-0.3, -0.25) is 23.9 Å². The fourth-order valence-electron chi connectivity index (χ4n) is 5.33. The number of carbonyl (C=O) groups is 2. The molecule has 1 aliphatic heterocycles. The molecule has 0 bridgehead atoms. The molecule has 0 atom stereocenters. The number of benzene rings is 2. The van der Waals surface area contributed by atoms with Crippen LogP contribution in [0.25, 0.3) is 10.9 Å². The minimum atomic E-state index is -0.523. The number of hydrogen-bond donors (Lipinski definition) is 1. The summed E-state index contributed by atoms with van der Waals surface area (Å²) in [6.07, 6.45) is 5.42. The molecule has 0 unspecified atom stereocenters. The summed E-state index contributed by atoms with van der Waals surface area (Å²) in [5.74, 6) is 0.289. The number of fused-ring (bicyclic) bond motifs is 1. The molecular weight excluding hydrogens is 480 g/mol. The van der Waals surface area contributed by atoms with Gasteiger partial charge in [-0.25, -0.2) is 4.79 Å². The number of halogens is 1. The number of amides is 2. The van der Waals surface area contributed by atoms with Crippen LogP contribution in [0.1, 0.15) is 48.0 Å². The van der Waals surface area contributed by atoms with Gasteiger partial charge in [0.2, 0.25) is 5.91 Å². The first-order valence-corrected chi connectivity index (χ1v) is 12.9. The number of aromatic amines is 1. The molecular formula is C27H29ClN4O4. The van der Waals surface area contributed by atoms with Gasteiger partial charge in [0.1, 0.15) is 0 Å². The average molecular weight is 509 g/mol. The van der Waals surface area contributed by atoms with Crippen LogP contribution in [-0.4, -0.2) is 57.3 Å². The van der Waals surface area contributed by atoms with E-state index in [2.05, 4.69) is 4.98 Å². The lowest BCUT2D eigenvalue weighted by molar-refractivity contribution is -0.138. The Morgan fingerprint density at radius 1 is 0.917 bits per heavy atom. The van der Waals surface area contributed by atoms with Crippen LogP contribution in [0.5, 0.6) is 0 Å². The van der Waals surface area contributed by atoms with Crippen molar-refractivity contribution in [1.82, 2.24) is 19.4 Å². The monoisotopic (exact) mass is 508 g/mol. The number of nitrogens with one attached hydrogen (secondary N) is 1. The third kappa shape index (κ3) is 4.95. The smallest absolute Gasteiger partial charge is 0.329 e. The van der Waals surface area contributed by atoms with Crippen LogP contribution in [0.3, 0.4) is 0 Å². The lowest BCUT2D eigenvalue weighted by Gasteiger charge is -2.37. The predicted octanol–water partition coefficient (Wildman–Crippen LogP) is 3.26. The summed E-state index contributed by atoms with van der Waals surface area (Å²) in [5.41, 5.74) is 0.759. The Morgan fingerprint density at radius 3 is 2.39 bits per heavy atom. The highest BCUT2D eigenvalue weighted by atomic mass is 35.5. The van der Waals surface area contributed by atoms with E-state index in [0.717, 1.165) is 31.2 Å². The molecule has 2 aromatic carbocycles. The van der Waals surface area contributed by atoms with Gasteiger partial charge in [0, 0.05) is 42.7 Å². The van der Waals surface area contributed by atoms with Crippen molar-refractivity contribution in [2.45, 2.75) is 38.6 Å². The Balaban J connectivity index is 1.29. The van der Waals surface area contributed by atoms with Crippen molar-refractivity contribution in [3.63, 3.8) is 0 Å². The van der Waals surface area contributed by atoms with Gasteiger partial charge in [-0.2, -0.15) is 0 Å². The number of H-pyrrole nitrogens is 1. The summed E-state index contributed by atoms with van der Waals surface area (Å²) in [5, 5.41) is 0.737. The summed E-state index contributed by atoms with van der Waals surface area (Å²) in [7, 11) is 0. The Hall–Kier alpha value is -3.39. The lowest BCUT2D eigenvalue weighted by Crippen LogP contribution is -2.52. The van der Waals surface area contributed by atoms with Gasteiger partial charge >= 0.3 is 5.69 Å². The highest BCUT2D eigenvalue weighted by molar-refractivity contribution is 6.31. The first-order valence-electron chi connectivity index (χ1n) is 12.5. The SMILES string of the molecule is O=C(c1cccc(Cn2c(=O)[nH]c(=O)c3cc(Cl)ccc32)c1)N1CCN(C(=O)C2CCCCC2)CC1. The van der Waals surface area contributed by atoms with Crippen molar-refractivity contribution in [2.24, 2.45) is 5.92 Å². The van der Waals surface area contributed by atoms with Crippen LogP contribution < -0.4 is 11.2 Å². The van der Waals surface area contributed by atoms with Crippen LogP contribution in [0, 0.1) is 5.92 Å². The Morgan fingerprint density at radius 2 is 1.64 bits per heavy atom. The summed E-state index contributed by atoms with van der Waals surface area (Å²) in [6.45, 7) is 2.32. The second kappa shape index (κ2) is 10.3. The van der Waals surface area contributed by atoms with Crippen molar-refractivity contribution in [1.29, 1.82) is 0 Å². The first-order chi connectivity index (χ1) is 17.4. The number of hydrogen-bond acceptors (Lipinski definition) is 4. The largest absolute Gasteiger partial charge is 0.339 e. The van der Waals surface area contributed by atoms with Crippen molar-refractivity contribution >= 4 is 34.3 Å². The number of aromatic nitrogens is 2. The second-order valence-electron chi connectivity index (χ2n) is 9.66. The van der Waals surface area contributed by atoms with E-state index < -0.39 is 11.2 Å². The zero-order chi connectivity index (χ0) is 25.2. The van der Waals surface area contributed by atoms with E-state index >= 15 is 0 Å². The van der Waals surface area contributed by atoms with Gasteiger partial charge in [0.15, 0.2) is 0 Å². The Labute approximate surface area is 213 Å². The van der Waals surface area contributed by atoms with Crippen molar-refractivity contribution < 1.29 is 9.59 Å². The number of piperazine rings is 1. The van der Waals surface area contributed by atoms with E-state index in [4.69, 9.17) is 11.6 Å². The average Bonchev–Trinajstić information content (AvgIpc) is 2.91. The molecule has 188 valence electrons. The fourth-order valence-corrected chi connectivity index (χ4v) is 5.50. The van der Waals surface area contributed by atoms with Crippen LogP contribution in [0.4, 0.5) is 0 Å². The van der Waals surface area contributed by atoms with E-state index in [1.807, 2.05) is 11.0 Å².